The molecule has 0 spiro atoms. The minimum Gasteiger partial charge on any atom is -0.457 e. The highest BCUT2D eigenvalue weighted by Crippen LogP contribution is 2.43. The second-order valence-corrected chi connectivity index (χ2v) is 10.1. The number of hydrogen-bond donors (Lipinski definition) is 1. The number of rotatable bonds is 8. The van der Waals surface area contributed by atoms with Crippen LogP contribution in [0, 0.1) is 13.8 Å². The monoisotopic (exact) mass is 552 g/mol. The quantitative estimate of drug-likeness (QED) is 0.119. The number of fused-ring (bicyclic) bond motifs is 2. The Morgan fingerprint density at radius 3 is 2.40 bits per heavy atom. The van der Waals surface area contributed by atoms with Gasteiger partial charge in [-0.05, 0) is 73.7 Å². The van der Waals surface area contributed by atoms with E-state index in [0.717, 1.165) is 67.5 Å². The molecular weight excluding hydrogens is 520 g/mol. The summed E-state index contributed by atoms with van der Waals surface area (Å²) in [5.74, 6) is 0.783. The number of alkyl halides is 1. The van der Waals surface area contributed by atoms with Gasteiger partial charge in [0.25, 0.3) is 0 Å². The molecule has 204 valence electrons. The highest BCUT2D eigenvalue weighted by atomic mass is 35.5. The molecule has 5 nitrogen and oxygen atoms in total. The normalized spacial score (nSPS) is 11.8. The SMILES string of the molecule is CCN=c1cc2oc3cc(NCC)c(C)cc3c(-c3ccccc3C(=O)OCc3ccc(CCl)cc3)c-2cc1C. The first-order valence-corrected chi connectivity index (χ1v) is 14.1. The van der Waals surface area contributed by atoms with Crippen molar-refractivity contribution in [2.24, 2.45) is 4.99 Å². The van der Waals surface area contributed by atoms with E-state index in [0.29, 0.717) is 23.7 Å². The van der Waals surface area contributed by atoms with Crippen LogP contribution in [-0.2, 0) is 17.2 Å². The van der Waals surface area contributed by atoms with Gasteiger partial charge in [0.05, 0.1) is 10.9 Å². The highest BCUT2D eigenvalue weighted by Gasteiger charge is 2.23. The number of halogens is 1. The Labute approximate surface area is 239 Å². The van der Waals surface area contributed by atoms with Gasteiger partial charge in [-0.3, -0.25) is 4.99 Å². The first-order valence-electron chi connectivity index (χ1n) is 13.6. The minimum atomic E-state index is -0.380. The van der Waals surface area contributed by atoms with E-state index in [4.69, 9.17) is 20.8 Å². The van der Waals surface area contributed by atoms with Crippen molar-refractivity contribution in [1.82, 2.24) is 0 Å². The van der Waals surface area contributed by atoms with Crippen LogP contribution >= 0.6 is 11.6 Å². The van der Waals surface area contributed by atoms with E-state index >= 15 is 0 Å². The lowest BCUT2D eigenvalue weighted by molar-refractivity contribution is 0.0473. The van der Waals surface area contributed by atoms with Crippen molar-refractivity contribution in [3.63, 3.8) is 0 Å². The molecular formula is C34H33ClN2O3. The first kappa shape index (κ1) is 27.5. The van der Waals surface area contributed by atoms with Gasteiger partial charge in [-0.25, -0.2) is 4.79 Å². The zero-order valence-electron chi connectivity index (χ0n) is 23.3. The van der Waals surface area contributed by atoms with E-state index in [2.05, 4.69) is 43.2 Å². The lowest BCUT2D eigenvalue weighted by atomic mass is 9.89. The van der Waals surface area contributed by atoms with Gasteiger partial charge in [-0.15, -0.1) is 11.6 Å². The van der Waals surface area contributed by atoms with E-state index in [9.17, 15) is 4.79 Å². The minimum absolute atomic E-state index is 0.174. The maximum absolute atomic E-state index is 13.5. The second-order valence-electron chi connectivity index (χ2n) is 9.85. The Balaban J connectivity index is 1.68. The van der Waals surface area contributed by atoms with E-state index in [1.807, 2.05) is 67.6 Å². The van der Waals surface area contributed by atoms with Gasteiger partial charge < -0.3 is 14.5 Å². The Morgan fingerprint density at radius 2 is 1.68 bits per heavy atom. The van der Waals surface area contributed by atoms with Crippen LogP contribution in [0.4, 0.5) is 5.69 Å². The van der Waals surface area contributed by atoms with Crippen LogP contribution in [0.25, 0.3) is 33.4 Å². The average molecular weight is 553 g/mol. The number of carbonyl (C=O) groups is 1. The highest BCUT2D eigenvalue weighted by molar-refractivity contribution is 6.17. The molecule has 0 fully saturated rings. The number of aryl methyl sites for hydroxylation is 2. The predicted molar refractivity (Wildman–Crippen MR) is 163 cm³/mol. The summed E-state index contributed by atoms with van der Waals surface area (Å²) >= 11 is 5.91. The Hall–Kier alpha value is -4.09. The first-order chi connectivity index (χ1) is 19.4. The van der Waals surface area contributed by atoms with Gasteiger partial charge in [0.2, 0.25) is 0 Å². The molecule has 5 rings (SSSR count). The summed E-state index contributed by atoms with van der Waals surface area (Å²) in [6.07, 6.45) is 0. The number of carbonyl (C=O) groups excluding carboxylic acids is 1. The molecule has 0 aromatic heterocycles. The van der Waals surface area contributed by atoms with Crippen LogP contribution in [0.1, 0.15) is 46.5 Å². The Bertz CT molecular complexity index is 1720. The summed E-state index contributed by atoms with van der Waals surface area (Å²) in [7, 11) is 0. The molecule has 3 aromatic carbocycles. The molecule has 6 heteroatoms. The van der Waals surface area contributed by atoms with Crippen LogP contribution in [0.5, 0.6) is 0 Å². The lowest BCUT2D eigenvalue weighted by Gasteiger charge is -2.20. The summed E-state index contributed by atoms with van der Waals surface area (Å²) in [5.41, 5.74) is 8.98. The van der Waals surface area contributed by atoms with Crippen molar-refractivity contribution in [3.05, 3.63) is 106 Å². The fraction of sp³-hybridized carbons (Fsp3) is 0.235. The number of nitrogens with zero attached hydrogens (tertiary/aromatic N) is 1. The maximum atomic E-state index is 13.5. The fourth-order valence-electron chi connectivity index (χ4n) is 5.03. The molecule has 1 aliphatic carbocycles. The number of nitrogens with one attached hydrogen (secondary N) is 1. The number of benzene rings is 4. The molecule has 0 unspecified atom stereocenters. The number of esters is 1. The van der Waals surface area contributed by atoms with E-state index in [-0.39, 0.29) is 12.6 Å². The molecule has 0 bridgehead atoms. The third-order valence-electron chi connectivity index (χ3n) is 7.04. The largest absolute Gasteiger partial charge is 0.457 e. The van der Waals surface area contributed by atoms with E-state index in [1.54, 1.807) is 0 Å². The zero-order chi connectivity index (χ0) is 28.2. The van der Waals surface area contributed by atoms with Crippen molar-refractivity contribution in [3.8, 4) is 22.5 Å². The molecule has 0 radical (unpaired) electrons. The summed E-state index contributed by atoms with van der Waals surface area (Å²) in [5, 5.41) is 5.26. The van der Waals surface area contributed by atoms with Crippen LogP contribution in [0.2, 0.25) is 0 Å². The predicted octanol–water partition coefficient (Wildman–Crippen LogP) is 8.27. The van der Waals surface area contributed by atoms with Crippen molar-refractivity contribution in [2.45, 2.75) is 40.2 Å². The van der Waals surface area contributed by atoms with Gasteiger partial charge in [0.15, 0.2) is 0 Å². The van der Waals surface area contributed by atoms with Crippen LogP contribution in [0.3, 0.4) is 0 Å². The van der Waals surface area contributed by atoms with E-state index < -0.39 is 0 Å². The molecule has 1 heterocycles. The zero-order valence-corrected chi connectivity index (χ0v) is 24.1. The molecule has 3 aromatic rings. The summed E-state index contributed by atoms with van der Waals surface area (Å²) in [6.45, 7) is 9.88. The van der Waals surface area contributed by atoms with E-state index in [1.165, 1.54) is 0 Å². The van der Waals surface area contributed by atoms with Gasteiger partial charge in [-0.2, -0.15) is 0 Å². The Morgan fingerprint density at radius 1 is 0.925 bits per heavy atom. The topological polar surface area (TPSA) is 63.8 Å². The van der Waals surface area contributed by atoms with Crippen LogP contribution in [-0.4, -0.2) is 19.1 Å². The molecule has 1 aliphatic heterocycles. The molecule has 0 saturated heterocycles. The second kappa shape index (κ2) is 12.0. The van der Waals surface area contributed by atoms with Gasteiger partial charge in [0, 0.05) is 53.3 Å². The number of hydrogen-bond acceptors (Lipinski definition) is 5. The maximum Gasteiger partial charge on any atom is 0.339 e. The summed E-state index contributed by atoms with van der Waals surface area (Å²) in [4.78, 5) is 18.2. The molecule has 1 N–H and O–H groups in total. The van der Waals surface area contributed by atoms with Gasteiger partial charge in [0.1, 0.15) is 18.0 Å². The third-order valence-corrected chi connectivity index (χ3v) is 7.35. The van der Waals surface area contributed by atoms with Crippen molar-refractivity contribution >= 4 is 34.2 Å². The molecule has 40 heavy (non-hydrogen) atoms. The van der Waals surface area contributed by atoms with Crippen LogP contribution in [0.15, 0.2) is 82.2 Å². The summed E-state index contributed by atoms with van der Waals surface area (Å²) < 4.78 is 12.3. The average Bonchev–Trinajstić information content (AvgIpc) is 2.96. The summed E-state index contributed by atoms with van der Waals surface area (Å²) in [6, 6.07) is 23.7. The Kier molecular flexibility index (Phi) is 8.22. The lowest BCUT2D eigenvalue weighted by Crippen LogP contribution is -2.10. The molecule has 0 atom stereocenters. The number of ether oxygens (including phenoxy) is 1. The van der Waals surface area contributed by atoms with Crippen molar-refractivity contribution in [2.75, 3.05) is 18.4 Å². The fourth-order valence-corrected chi connectivity index (χ4v) is 5.21. The molecule has 2 aliphatic rings. The molecule has 0 amide bonds. The van der Waals surface area contributed by atoms with Gasteiger partial charge >= 0.3 is 5.97 Å². The smallest absolute Gasteiger partial charge is 0.339 e. The molecule has 0 saturated carbocycles. The van der Waals surface area contributed by atoms with Crippen molar-refractivity contribution < 1.29 is 13.9 Å². The number of anilines is 1. The standard InChI is InChI=1S/C34H33ClN2O3/c1-5-36-29-17-31-27(15-21(29)3)33(28-16-22(4)30(37-6-2)18-32(28)40-31)25-9-7-8-10-26(25)34(38)39-20-24-13-11-23(19-35)12-14-24/h7-18,36H,5-6,19-20H2,1-4H3. The van der Waals surface area contributed by atoms with Gasteiger partial charge in [-0.1, -0.05) is 42.5 Å². The van der Waals surface area contributed by atoms with Crippen molar-refractivity contribution in [1.29, 1.82) is 0 Å². The van der Waals surface area contributed by atoms with Crippen LogP contribution < -0.4 is 10.7 Å². The third kappa shape index (κ3) is 5.47.